The van der Waals surface area contributed by atoms with Gasteiger partial charge in [0.15, 0.2) is 0 Å². The smallest absolute Gasteiger partial charge is 0.0629 e. The molecule has 1 nitrogen and oxygen atoms in total. The molecule has 1 aromatic rings. The van der Waals surface area contributed by atoms with E-state index in [9.17, 15) is 0 Å². The first-order chi connectivity index (χ1) is 9.77. The molecule has 1 fully saturated rings. The Kier molecular flexibility index (Phi) is 6.24. The van der Waals surface area contributed by atoms with Gasteiger partial charge < -0.3 is 5.32 Å². The zero-order chi connectivity index (χ0) is 15.6. The van der Waals surface area contributed by atoms with Gasteiger partial charge in [-0.2, -0.15) is 0 Å². The molecule has 0 aromatic heterocycles. The fraction of sp³-hybridized carbons (Fsp3) is 0.647. The highest BCUT2D eigenvalue weighted by Crippen LogP contribution is 2.40. The lowest BCUT2D eigenvalue weighted by Gasteiger charge is -2.37. The summed E-state index contributed by atoms with van der Waals surface area (Å²) < 4.78 is 3.29. The van der Waals surface area contributed by atoms with E-state index in [1.165, 1.54) is 25.7 Å². The van der Waals surface area contributed by atoms with Gasteiger partial charge >= 0.3 is 0 Å². The molecule has 21 heavy (non-hydrogen) atoms. The molecule has 0 aliphatic heterocycles. The molecule has 0 atom stereocenters. The standard InChI is InChI=1S/C17H24Br3N/c1-17(2,3)12-6-4-11(5-7-12)10-21-16-14(19)8-13(18)9-15(16)20/h8-9,11-12,21H,4-7,10H2,1-3H3. The quantitative estimate of drug-likeness (QED) is 0.479. The third kappa shape index (κ3) is 4.97. The van der Waals surface area contributed by atoms with Crippen molar-refractivity contribution in [1.82, 2.24) is 0 Å². The second kappa shape index (κ2) is 7.35. The van der Waals surface area contributed by atoms with Gasteiger partial charge in [0.2, 0.25) is 0 Å². The molecule has 0 radical (unpaired) electrons. The Balaban J connectivity index is 1.88. The number of rotatable bonds is 3. The number of anilines is 1. The summed E-state index contributed by atoms with van der Waals surface area (Å²) in [6.07, 6.45) is 5.44. The first-order valence-corrected chi connectivity index (χ1v) is 10.0. The summed E-state index contributed by atoms with van der Waals surface area (Å²) in [5.41, 5.74) is 1.63. The van der Waals surface area contributed by atoms with Gasteiger partial charge in [0.25, 0.3) is 0 Å². The lowest BCUT2D eigenvalue weighted by Crippen LogP contribution is -2.28. The van der Waals surface area contributed by atoms with Gasteiger partial charge in [-0.3, -0.25) is 0 Å². The summed E-state index contributed by atoms with van der Waals surface area (Å²) in [5, 5.41) is 3.62. The second-order valence-electron chi connectivity index (χ2n) is 7.21. The van der Waals surface area contributed by atoms with Gasteiger partial charge in [-0.05, 0) is 86.9 Å². The van der Waals surface area contributed by atoms with Crippen molar-refractivity contribution < 1.29 is 0 Å². The Morgan fingerprint density at radius 1 is 1.00 bits per heavy atom. The highest BCUT2D eigenvalue weighted by atomic mass is 79.9. The summed E-state index contributed by atoms with van der Waals surface area (Å²) in [6, 6.07) is 4.17. The van der Waals surface area contributed by atoms with Crippen molar-refractivity contribution >= 4 is 53.5 Å². The maximum atomic E-state index is 3.64. The first-order valence-electron chi connectivity index (χ1n) is 7.66. The summed E-state index contributed by atoms with van der Waals surface area (Å²) in [5.74, 6) is 1.69. The van der Waals surface area contributed by atoms with Gasteiger partial charge in [-0.1, -0.05) is 36.7 Å². The minimum Gasteiger partial charge on any atom is -0.383 e. The van der Waals surface area contributed by atoms with Crippen molar-refractivity contribution in [3.8, 4) is 0 Å². The molecule has 1 aliphatic carbocycles. The minimum absolute atomic E-state index is 0.468. The van der Waals surface area contributed by atoms with E-state index in [0.29, 0.717) is 5.41 Å². The van der Waals surface area contributed by atoms with Crippen LogP contribution >= 0.6 is 47.8 Å². The number of hydrogen-bond acceptors (Lipinski definition) is 1. The van der Waals surface area contributed by atoms with Gasteiger partial charge in [0.1, 0.15) is 0 Å². The van der Waals surface area contributed by atoms with E-state index in [0.717, 1.165) is 37.5 Å². The van der Waals surface area contributed by atoms with Crippen molar-refractivity contribution in [1.29, 1.82) is 0 Å². The van der Waals surface area contributed by atoms with Crippen molar-refractivity contribution in [2.45, 2.75) is 46.5 Å². The minimum atomic E-state index is 0.468. The molecule has 0 unspecified atom stereocenters. The summed E-state index contributed by atoms with van der Waals surface area (Å²) in [6.45, 7) is 8.21. The van der Waals surface area contributed by atoms with Gasteiger partial charge in [-0.25, -0.2) is 0 Å². The Hall–Kier alpha value is 0.460. The predicted octanol–water partition coefficient (Wildman–Crippen LogP) is 7.24. The van der Waals surface area contributed by atoms with Crippen LogP contribution in [0.15, 0.2) is 25.6 Å². The highest BCUT2D eigenvalue weighted by molar-refractivity contribution is 9.11. The lowest BCUT2D eigenvalue weighted by molar-refractivity contribution is 0.153. The van der Waals surface area contributed by atoms with E-state index in [4.69, 9.17) is 0 Å². The molecule has 0 bridgehead atoms. The molecule has 0 heterocycles. The van der Waals surface area contributed by atoms with Crippen molar-refractivity contribution in [3.63, 3.8) is 0 Å². The summed E-state index contributed by atoms with van der Waals surface area (Å²) >= 11 is 10.8. The van der Waals surface area contributed by atoms with Crippen molar-refractivity contribution in [2.75, 3.05) is 11.9 Å². The van der Waals surface area contributed by atoms with Gasteiger partial charge in [0.05, 0.1) is 5.69 Å². The maximum absolute atomic E-state index is 3.64. The molecule has 118 valence electrons. The van der Waals surface area contributed by atoms with Crippen LogP contribution in [0.3, 0.4) is 0 Å². The zero-order valence-corrected chi connectivity index (χ0v) is 17.7. The molecular weight excluding hydrogens is 458 g/mol. The third-order valence-corrected chi connectivity index (χ3v) is 6.35. The molecule has 0 saturated heterocycles. The van der Waals surface area contributed by atoms with Crippen LogP contribution in [0.25, 0.3) is 0 Å². The molecule has 1 saturated carbocycles. The van der Waals surface area contributed by atoms with Crippen LogP contribution in [-0.2, 0) is 0 Å². The van der Waals surface area contributed by atoms with E-state index in [1.54, 1.807) is 0 Å². The molecule has 2 rings (SSSR count). The highest BCUT2D eigenvalue weighted by Gasteiger charge is 2.29. The molecule has 0 amide bonds. The summed E-state index contributed by atoms with van der Waals surface area (Å²) in [4.78, 5) is 0. The molecular formula is C17H24Br3N. The number of hydrogen-bond donors (Lipinski definition) is 1. The first kappa shape index (κ1) is 17.8. The average molecular weight is 482 g/mol. The third-order valence-electron chi connectivity index (χ3n) is 4.65. The number of halogens is 3. The van der Waals surface area contributed by atoms with Crippen LogP contribution in [0.4, 0.5) is 5.69 Å². The van der Waals surface area contributed by atoms with Crippen molar-refractivity contribution in [2.24, 2.45) is 17.3 Å². The Morgan fingerprint density at radius 2 is 1.52 bits per heavy atom. The van der Waals surface area contributed by atoms with E-state index in [-0.39, 0.29) is 0 Å². The van der Waals surface area contributed by atoms with Crippen LogP contribution in [0.5, 0.6) is 0 Å². The Bertz CT molecular complexity index is 462. The summed E-state index contributed by atoms with van der Waals surface area (Å²) in [7, 11) is 0. The van der Waals surface area contributed by atoms with E-state index in [2.05, 4.69) is 86.0 Å². The largest absolute Gasteiger partial charge is 0.383 e. The van der Waals surface area contributed by atoms with Crippen molar-refractivity contribution in [3.05, 3.63) is 25.6 Å². The van der Waals surface area contributed by atoms with Crippen LogP contribution in [0.2, 0.25) is 0 Å². The normalized spacial score (nSPS) is 23.1. The van der Waals surface area contributed by atoms with E-state index >= 15 is 0 Å². The average Bonchev–Trinajstić information content (AvgIpc) is 2.37. The lowest BCUT2D eigenvalue weighted by atomic mass is 9.70. The number of benzene rings is 1. The van der Waals surface area contributed by atoms with Crippen LogP contribution in [0.1, 0.15) is 46.5 Å². The Labute approximate surface area is 154 Å². The van der Waals surface area contributed by atoms with E-state index in [1.807, 2.05) is 0 Å². The van der Waals surface area contributed by atoms with Crippen LogP contribution in [0, 0.1) is 17.3 Å². The molecule has 1 aliphatic rings. The van der Waals surface area contributed by atoms with Gasteiger partial charge in [0, 0.05) is 20.0 Å². The number of nitrogens with one attached hydrogen (secondary N) is 1. The topological polar surface area (TPSA) is 12.0 Å². The molecule has 0 spiro atoms. The fourth-order valence-electron chi connectivity index (χ4n) is 3.19. The predicted molar refractivity (Wildman–Crippen MR) is 103 cm³/mol. The van der Waals surface area contributed by atoms with Gasteiger partial charge in [-0.15, -0.1) is 0 Å². The molecule has 4 heteroatoms. The molecule has 1 aromatic carbocycles. The second-order valence-corrected chi connectivity index (χ2v) is 9.83. The molecule has 1 N–H and O–H groups in total. The maximum Gasteiger partial charge on any atom is 0.0629 e. The van der Waals surface area contributed by atoms with Crippen LogP contribution in [-0.4, -0.2) is 6.54 Å². The van der Waals surface area contributed by atoms with Crippen LogP contribution < -0.4 is 5.32 Å². The Morgan fingerprint density at radius 3 is 2.00 bits per heavy atom. The van der Waals surface area contributed by atoms with E-state index < -0.39 is 0 Å². The SMILES string of the molecule is CC(C)(C)C1CCC(CNc2c(Br)cc(Br)cc2Br)CC1. The monoisotopic (exact) mass is 479 g/mol. The zero-order valence-electron chi connectivity index (χ0n) is 13.0. The fourth-order valence-corrected chi connectivity index (χ4v) is 5.73.